The van der Waals surface area contributed by atoms with E-state index in [4.69, 9.17) is 4.74 Å². The first-order valence-electron chi connectivity index (χ1n) is 4.58. The summed E-state index contributed by atoms with van der Waals surface area (Å²) in [6, 6.07) is 5.51. The van der Waals surface area contributed by atoms with Crippen LogP contribution in [0, 0.1) is 0 Å². The average Bonchev–Trinajstić information content (AvgIpc) is 2.65. The van der Waals surface area contributed by atoms with Crippen molar-refractivity contribution in [3.8, 4) is 16.7 Å². The van der Waals surface area contributed by atoms with E-state index in [1.165, 1.54) is 18.2 Å². The fraction of sp³-hybridized carbons (Fsp3) is 0.100. The summed E-state index contributed by atoms with van der Waals surface area (Å²) in [6.45, 7) is 0. The van der Waals surface area contributed by atoms with Gasteiger partial charge in [-0.2, -0.15) is 4.98 Å². The lowest BCUT2D eigenvalue weighted by Gasteiger charge is -2.12. The highest BCUT2D eigenvalue weighted by Gasteiger charge is 2.32. The summed E-state index contributed by atoms with van der Waals surface area (Å²) in [4.78, 5) is 3.92. The lowest BCUT2D eigenvalue weighted by Crippen LogP contribution is -2.17. The molecule has 2 rings (SSSR count). The molecule has 0 radical (unpaired) electrons. The molecular weight excluding hydrogens is 335 g/mol. The third kappa shape index (κ3) is 3.61. The van der Waals surface area contributed by atoms with Gasteiger partial charge in [0.05, 0.1) is 0 Å². The summed E-state index contributed by atoms with van der Waals surface area (Å²) < 4.78 is 46.1. The molecule has 0 aliphatic carbocycles. The van der Waals surface area contributed by atoms with E-state index in [1.807, 2.05) is 0 Å². The Morgan fingerprint density at radius 2 is 1.83 bits per heavy atom. The number of aromatic nitrogens is 1. The van der Waals surface area contributed by atoms with Gasteiger partial charge in [0.15, 0.2) is 11.5 Å². The zero-order chi connectivity index (χ0) is 13.2. The highest BCUT2D eigenvalue weighted by molar-refractivity contribution is 9.10. The van der Waals surface area contributed by atoms with Crippen LogP contribution in [0.15, 0.2) is 34.2 Å². The molecule has 8 heteroatoms. The molecule has 0 spiro atoms. The molecule has 3 nitrogen and oxygen atoms in total. The Kier molecular flexibility index (Phi) is 3.76. The minimum Gasteiger partial charge on any atom is -0.427 e. The number of thiazole rings is 1. The number of ether oxygens (including phenoxy) is 2. The third-order valence-electron chi connectivity index (χ3n) is 1.73. The third-order valence-corrected chi connectivity index (χ3v) is 3.15. The number of rotatable bonds is 3. The van der Waals surface area contributed by atoms with Crippen molar-refractivity contribution in [3.05, 3.63) is 34.2 Å². The molecule has 96 valence electrons. The molecule has 0 bridgehead atoms. The molecule has 0 atom stereocenters. The number of benzene rings is 1. The van der Waals surface area contributed by atoms with Crippen LogP contribution >= 0.6 is 27.3 Å². The van der Waals surface area contributed by atoms with Gasteiger partial charge in [0.1, 0.15) is 4.60 Å². The van der Waals surface area contributed by atoms with E-state index >= 15 is 0 Å². The van der Waals surface area contributed by atoms with Gasteiger partial charge in [-0.3, -0.25) is 0 Å². The molecule has 0 fully saturated rings. The van der Waals surface area contributed by atoms with Crippen LogP contribution in [0.1, 0.15) is 0 Å². The van der Waals surface area contributed by atoms with Crippen LogP contribution in [0.4, 0.5) is 13.2 Å². The first-order chi connectivity index (χ1) is 8.44. The van der Waals surface area contributed by atoms with Crippen molar-refractivity contribution in [2.45, 2.75) is 6.36 Å². The molecular formula is C10H5BrF3NO2S. The fourth-order valence-electron chi connectivity index (χ4n) is 1.12. The standard InChI is InChI=1S/C10H5BrF3NO2S/c11-8-5-18-9(15-8)16-6-3-1-2-4-7(6)17-10(12,13)14/h1-5H. The predicted molar refractivity (Wildman–Crippen MR) is 63.0 cm³/mol. The zero-order valence-electron chi connectivity index (χ0n) is 8.57. The monoisotopic (exact) mass is 339 g/mol. The Balaban J connectivity index is 2.22. The lowest BCUT2D eigenvalue weighted by atomic mass is 10.3. The van der Waals surface area contributed by atoms with Crippen molar-refractivity contribution in [2.75, 3.05) is 0 Å². The van der Waals surface area contributed by atoms with E-state index < -0.39 is 12.1 Å². The first-order valence-corrected chi connectivity index (χ1v) is 6.25. The van der Waals surface area contributed by atoms with Gasteiger partial charge in [0.25, 0.3) is 5.19 Å². The summed E-state index contributed by atoms with van der Waals surface area (Å²) in [5.41, 5.74) is 0. The van der Waals surface area contributed by atoms with Crippen molar-refractivity contribution in [1.29, 1.82) is 0 Å². The van der Waals surface area contributed by atoms with Gasteiger partial charge in [-0.15, -0.1) is 13.2 Å². The molecule has 18 heavy (non-hydrogen) atoms. The van der Waals surface area contributed by atoms with E-state index in [0.717, 1.165) is 11.3 Å². The second-order valence-electron chi connectivity index (χ2n) is 3.03. The molecule has 2 aromatic rings. The molecule has 0 saturated carbocycles. The minimum atomic E-state index is -4.76. The molecule has 1 aromatic heterocycles. The smallest absolute Gasteiger partial charge is 0.427 e. The van der Waals surface area contributed by atoms with Crippen LogP contribution in [0.25, 0.3) is 0 Å². The topological polar surface area (TPSA) is 31.4 Å². The van der Waals surface area contributed by atoms with Crippen LogP contribution < -0.4 is 9.47 Å². The van der Waals surface area contributed by atoms with Crippen molar-refractivity contribution in [3.63, 3.8) is 0 Å². The van der Waals surface area contributed by atoms with E-state index in [0.29, 0.717) is 4.60 Å². The molecule has 0 amide bonds. The fourth-order valence-corrected chi connectivity index (χ4v) is 2.22. The van der Waals surface area contributed by atoms with Gasteiger partial charge in [-0.25, -0.2) is 0 Å². The van der Waals surface area contributed by atoms with Gasteiger partial charge >= 0.3 is 6.36 Å². The second kappa shape index (κ2) is 5.15. The molecule has 0 aliphatic heterocycles. The summed E-state index contributed by atoms with van der Waals surface area (Å²) in [5, 5.41) is 1.88. The lowest BCUT2D eigenvalue weighted by molar-refractivity contribution is -0.275. The van der Waals surface area contributed by atoms with Crippen molar-refractivity contribution < 1.29 is 22.6 Å². The van der Waals surface area contributed by atoms with E-state index in [-0.39, 0.29) is 10.9 Å². The van der Waals surface area contributed by atoms with Crippen LogP contribution in [-0.2, 0) is 0 Å². The Bertz CT molecular complexity index is 544. The molecule has 1 aromatic carbocycles. The summed E-state index contributed by atoms with van der Waals surface area (Å²) in [6.07, 6.45) is -4.76. The van der Waals surface area contributed by atoms with Crippen LogP contribution in [0.2, 0.25) is 0 Å². The molecule has 0 unspecified atom stereocenters. The Hall–Kier alpha value is -1.28. The molecule has 0 saturated heterocycles. The van der Waals surface area contributed by atoms with Crippen LogP contribution in [0.5, 0.6) is 16.7 Å². The Morgan fingerprint density at radius 1 is 1.17 bits per heavy atom. The second-order valence-corrected chi connectivity index (χ2v) is 4.67. The highest BCUT2D eigenvalue weighted by atomic mass is 79.9. The number of hydrogen-bond donors (Lipinski definition) is 0. The average molecular weight is 340 g/mol. The van der Waals surface area contributed by atoms with Crippen LogP contribution in [-0.4, -0.2) is 11.3 Å². The maximum atomic E-state index is 12.2. The first kappa shape index (κ1) is 13.2. The minimum absolute atomic E-state index is 0.0447. The summed E-state index contributed by atoms with van der Waals surface area (Å²) in [7, 11) is 0. The Morgan fingerprint density at radius 3 is 2.39 bits per heavy atom. The van der Waals surface area contributed by atoms with Gasteiger partial charge in [-0.1, -0.05) is 23.5 Å². The van der Waals surface area contributed by atoms with Crippen LogP contribution in [0.3, 0.4) is 0 Å². The number of halogens is 4. The van der Waals surface area contributed by atoms with Gasteiger partial charge in [0.2, 0.25) is 0 Å². The van der Waals surface area contributed by atoms with E-state index in [1.54, 1.807) is 11.4 Å². The van der Waals surface area contributed by atoms with E-state index in [2.05, 4.69) is 25.7 Å². The number of nitrogens with zero attached hydrogens (tertiary/aromatic N) is 1. The largest absolute Gasteiger partial charge is 0.573 e. The van der Waals surface area contributed by atoms with Gasteiger partial charge in [-0.05, 0) is 28.1 Å². The predicted octanol–water partition coefficient (Wildman–Crippen LogP) is 4.60. The number of hydrogen-bond acceptors (Lipinski definition) is 4. The van der Waals surface area contributed by atoms with Crippen molar-refractivity contribution in [2.24, 2.45) is 0 Å². The maximum Gasteiger partial charge on any atom is 0.573 e. The van der Waals surface area contributed by atoms with Crippen molar-refractivity contribution >= 4 is 27.3 Å². The van der Waals surface area contributed by atoms with Crippen molar-refractivity contribution in [1.82, 2.24) is 4.98 Å². The normalized spacial score (nSPS) is 11.3. The Labute approximate surface area is 112 Å². The molecule has 0 N–H and O–H groups in total. The SMILES string of the molecule is FC(F)(F)Oc1ccccc1Oc1nc(Br)cs1. The van der Waals surface area contributed by atoms with Gasteiger partial charge in [0, 0.05) is 5.38 Å². The molecule has 1 heterocycles. The summed E-state index contributed by atoms with van der Waals surface area (Å²) in [5.74, 6) is -0.451. The quantitative estimate of drug-likeness (QED) is 0.819. The number of alkyl halides is 3. The van der Waals surface area contributed by atoms with E-state index in [9.17, 15) is 13.2 Å². The highest BCUT2D eigenvalue weighted by Crippen LogP contribution is 2.36. The zero-order valence-corrected chi connectivity index (χ0v) is 11.0. The molecule has 0 aliphatic rings. The maximum absolute atomic E-state index is 12.2. The van der Waals surface area contributed by atoms with Gasteiger partial charge < -0.3 is 9.47 Å². The summed E-state index contributed by atoms with van der Waals surface area (Å²) >= 11 is 4.27. The number of para-hydroxylation sites is 2.